The minimum atomic E-state index is -4.00. The van der Waals surface area contributed by atoms with Crippen LogP contribution in [0.1, 0.15) is 16.8 Å². The second-order valence-corrected chi connectivity index (χ2v) is 9.53. The van der Waals surface area contributed by atoms with Gasteiger partial charge >= 0.3 is 0 Å². The van der Waals surface area contributed by atoms with Crippen LogP contribution in [-0.2, 0) is 10.0 Å². The molecular formula is C22H19Cl2N3O5S. The van der Waals surface area contributed by atoms with Crippen LogP contribution in [0.2, 0.25) is 10.0 Å². The van der Waals surface area contributed by atoms with Gasteiger partial charge in [0.2, 0.25) is 10.0 Å². The monoisotopic (exact) mass is 507 g/mol. The van der Waals surface area contributed by atoms with Gasteiger partial charge in [-0.25, -0.2) is 13.1 Å². The maximum absolute atomic E-state index is 13.1. The first-order valence-electron chi connectivity index (χ1n) is 9.75. The molecule has 11 heteroatoms. The van der Waals surface area contributed by atoms with Crippen molar-refractivity contribution in [1.29, 1.82) is 0 Å². The number of nitrogens with one attached hydrogen (secondary N) is 1. The number of amides is 1. The van der Waals surface area contributed by atoms with Crippen molar-refractivity contribution in [1.82, 2.24) is 4.72 Å². The maximum atomic E-state index is 13.1. The van der Waals surface area contributed by atoms with Gasteiger partial charge in [0.25, 0.3) is 11.6 Å². The number of nitro groups is 1. The predicted octanol–water partition coefficient (Wildman–Crippen LogP) is 4.92. The smallest absolute Gasteiger partial charge is 0.289 e. The molecule has 33 heavy (non-hydrogen) atoms. The zero-order valence-corrected chi connectivity index (χ0v) is 19.5. The first-order valence-corrected chi connectivity index (χ1v) is 12.0. The van der Waals surface area contributed by atoms with Crippen LogP contribution in [0, 0.1) is 10.1 Å². The highest BCUT2D eigenvalue weighted by Crippen LogP contribution is 2.27. The van der Waals surface area contributed by atoms with E-state index in [0.29, 0.717) is 22.7 Å². The van der Waals surface area contributed by atoms with Crippen molar-refractivity contribution in [3.63, 3.8) is 0 Å². The van der Waals surface area contributed by atoms with Crippen LogP contribution in [0.4, 0.5) is 11.4 Å². The van der Waals surface area contributed by atoms with E-state index in [1.54, 1.807) is 53.4 Å². The van der Waals surface area contributed by atoms with Gasteiger partial charge in [-0.1, -0.05) is 41.4 Å². The number of nitrogens with zero attached hydrogens (tertiary/aromatic N) is 2. The molecule has 0 bridgehead atoms. The largest absolute Gasteiger partial charge is 0.308 e. The fourth-order valence-corrected chi connectivity index (χ4v) is 4.44. The van der Waals surface area contributed by atoms with Gasteiger partial charge in [0.1, 0.15) is 5.02 Å². The fraction of sp³-hybridized carbons (Fsp3) is 0.136. The van der Waals surface area contributed by atoms with Gasteiger partial charge in [-0.2, -0.15) is 0 Å². The molecule has 0 atom stereocenters. The SMILES string of the molecule is O=C(c1ccc(Cl)cc1)N(CCCNS(=O)(=O)c1ccc(Cl)c([N+](=O)[O-])c1)c1ccccc1. The summed E-state index contributed by atoms with van der Waals surface area (Å²) in [5, 5.41) is 11.4. The molecule has 0 unspecified atom stereocenters. The molecule has 172 valence electrons. The summed E-state index contributed by atoms with van der Waals surface area (Å²) in [6.07, 6.45) is 0.295. The Morgan fingerprint density at radius 1 is 1.00 bits per heavy atom. The molecule has 1 N–H and O–H groups in total. The van der Waals surface area contributed by atoms with E-state index >= 15 is 0 Å². The third-order valence-corrected chi connectivity index (χ3v) is 6.71. The van der Waals surface area contributed by atoms with E-state index in [1.165, 1.54) is 6.07 Å². The third kappa shape index (κ3) is 6.29. The Labute approximate surface area is 200 Å². The summed E-state index contributed by atoms with van der Waals surface area (Å²) in [6.45, 7) is 0.241. The van der Waals surface area contributed by atoms with E-state index in [9.17, 15) is 23.3 Å². The number of carbonyl (C=O) groups is 1. The van der Waals surface area contributed by atoms with Crippen LogP contribution in [0.15, 0.2) is 77.7 Å². The molecule has 0 heterocycles. The summed E-state index contributed by atoms with van der Waals surface area (Å²) >= 11 is 11.7. The lowest BCUT2D eigenvalue weighted by Crippen LogP contribution is -2.34. The number of nitro benzene ring substituents is 1. The number of sulfonamides is 1. The zero-order valence-electron chi connectivity index (χ0n) is 17.1. The van der Waals surface area contributed by atoms with Crippen LogP contribution in [-0.4, -0.2) is 32.3 Å². The van der Waals surface area contributed by atoms with E-state index in [2.05, 4.69) is 4.72 Å². The maximum Gasteiger partial charge on any atom is 0.289 e. The molecule has 0 fully saturated rings. The van der Waals surface area contributed by atoms with E-state index in [0.717, 1.165) is 12.1 Å². The lowest BCUT2D eigenvalue weighted by Gasteiger charge is -2.23. The van der Waals surface area contributed by atoms with Gasteiger partial charge in [0.05, 0.1) is 9.82 Å². The summed E-state index contributed by atoms with van der Waals surface area (Å²) in [5.41, 5.74) is 0.606. The van der Waals surface area contributed by atoms with Gasteiger partial charge in [0, 0.05) is 35.4 Å². The highest BCUT2D eigenvalue weighted by atomic mass is 35.5. The van der Waals surface area contributed by atoms with Crippen molar-refractivity contribution in [2.75, 3.05) is 18.0 Å². The van der Waals surface area contributed by atoms with E-state index in [1.807, 2.05) is 6.07 Å². The molecule has 0 aliphatic heterocycles. The van der Waals surface area contributed by atoms with E-state index in [4.69, 9.17) is 23.2 Å². The molecule has 8 nitrogen and oxygen atoms in total. The molecule has 0 aromatic heterocycles. The number of rotatable bonds is 9. The highest BCUT2D eigenvalue weighted by Gasteiger charge is 2.21. The minimum Gasteiger partial charge on any atom is -0.308 e. The summed E-state index contributed by atoms with van der Waals surface area (Å²) < 4.78 is 27.5. The van der Waals surface area contributed by atoms with Gasteiger partial charge in [-0.05, 0) is 55.0 Å². The number of halogens is 2. The van der Waals surface area contributed by atoms with Crippen molar-refractivity contribution in [2.45, 2.75) is 11.3 Å². The van der Waals surface area contributed by atoms with Crippen molar-refractivity contribution in [3.8, 4) is 0 Å². The van der Waals surface area contributed by atoms with Gasteiger partial charge in [-0.15, -0.1) is 0 Å². The van der Waals surface area contributed by atoms with Crippen molar-refractivity contribution in [2.24, 2.45) is 0 Å². The Morgan fingerprint density at radius 2 is 1.67 bits per heavy atom. The molecule has 0 aliphatic carbocycles. The molecule has 0 radical (unpaired) electrons. The van der Waals surface area contributed by atoms with Gasteiger partial charge < -0.3 is 4.90 Å². The van der Waals surface area contributed by atoms with Crippen molar-refractivity contribution >= 4 is 50.5 Å². The molecule has 3 aromatic carbocycles. The Kier molecular flexibility index (Phi) is 8.04. The second-order valence-electron chi connectivity index (χ2n) is 6.92. The lowest BCUT2D eigenvalue weighted by atomic mass is 10.1. The number of carbonyl (C=O) groups excluding carboxylic acids is 1. The number of benzene rings is 3. The van der Waals surface area contributed by atoms with Gasteiger partial charge in [0.15, 0.2) is 0 Å². The first kappa shape index (κ1) is 24.7. The molecule has 0 spiro atoms. The molecule has 3 rings (SSSR count). The summed E-state index contributed by atoms with van der Waals surface area (Å²) in [4.78, 5) is 24.6. The normalized spacial score (nSPS) is 11.2. The Morgan fingerprint density at radius 3 is 2.30 bits per heavy atom. The van der Waals surface area contributed by atoms with Crippen molar-refractivity contribution < 1.29 is 18.1 Å². The molecule has 0 saturated carbocycles. The molecule has 1 amide bonds. The first-order chi connectivity index (χ1) is 15.7. The third-order valence-electron chi connectivity index (χ3n) is 4.68. The summed E-state index contributed by atoms with van der Waals surface area (Å²) in [7, 11) is -4.00. The quantitative estimate of drug-likeness (QED) is 0.251. The van der Waals surface area contributed by atoms with Crippen LogP contribution in [0.3, 0.4) is 0 Å². The number of hydrogen-bond acceptors (Lipinski definition) is 5. The Balaban J connectivity index is 1.70. The Hall–Kier alpha value is -2.98. The Bertz CT molecular complexity index is 1250. The minimum absolute atomic E-state index is 0.00991. The highest BCUT2D eigenvalue weighted by molar-refractivity contribution is 7.89. The topological polar surface area (TPSA) is 110 Å². The molecule has 0 aliphatic rings. The number of hydrogen-bond donors (Lipinski definition) is 1. The van der Waals surface area contributed by atoms with Gasteiger partial charge in [-0.3, -0.25) is 14.9 Å². The summed E-state index contributed by atoms with van der Waals surface area (Å²) in [5.74, 6) is -0.256. The average molecular weight is 508 g/mol. The van der Waals surface area contributed by atoms with Crippen LogP contribution >= 0.6 is 23.2 Å². The standard InChI is InChI=1S/C22H19Cl2N3O5S/c23-17-9-7-16(8-10-17)22(28)26(18-5-2-1-3-6-18)14-4-13-25-33(31,32)19-11-12-20(24)21(15-19)27(29)30/h1-3,5-12,15,25H,4,13-14H2. The second kappa shape index (κ2) is 10.8. The number of para-hydroxylation sites is 1. The summed E-state index contributed by atoms with van der Waals surface area (Å²) in [6, 6.07) is 18.7. The fourth-order valence-electron chi connectivity index (χ4n) is 3.03. The van der Waals surface area contributed by atoms with Crippen molar-refractivity contribution in [3.05, 3.63) is 98.5 Å². The predicted molar refractivity (Wildman–Crippen MR) is 127 cm³/mol. The van der Waals surface area contributed by atoms with Crippen LogP contribution in [0.25, 0.3) is 0 Å². The van der Waals surface area contributed by atoms with E-state index in [-0.39, 0.29) is 28.9 Å². The lowest BCUT2D eigenvalue weighted by molar-refractivity contribution is -0.384. The van der Waals surface area contributed by atoms with E-state index < -0.39 is 20.6 Å². The zero-order chi connectivity index (χ0) is 24.0. The van der Waals surface area contributed by atoms with Crippen LogP contribution in [0.5, 0.6) is 0 Å². The molecule has 0 saturated heterocycles. The average Bonchev–Trinajstić information content (AvgIpc) is 2.79. The molecule has 3 aromatic rings. The van der Waals surface area contributed by atoms with Crippen LogP contribution < -0.4 is 9.62 Å². The molecular weight excluding hydrogens is 489 g/mol. The number of anilines is 1.